The molecule has 2 amide bonds. The molecule has 4 nitrogen and oxygen atoms in total. The lowest BCUT2D eigenvalue weighted by Crippen LogP contribution is -2.44. The van der Waals surface area contributed by atoms with Crippen molar-refractivity contribution in [3.05, 3.63) is 65.5 Å². The fraction of sp³-hybridized carbons (Fsp3) is 0.263. The minimum absolute atomic E-state index is 0.0609. The minimum Gasteiger partial charge on any atom is -0.351 e. The van der Waals surface area contributed by atoms with E-state index in [1.165, 1.54) is 50.2 Å². The quantitative estimate of drug-likeness (QED) is 0.604. The second-order valence-electron chi connectivity index (χ2n) is 6.47. The maximum Gasteiger partial charge on any atom is 0.416 e. The Hall–Kier alpha value is -2.90. The van der Waals surface area contributed by atoms with Gasteiger partial charge in [0.25, 0.3) is 0 Å². The topological polar surface area (TPSA) is 58.2 Å². The Morgan fingerprint density at radius 2 is 1.59 bits per heavy atom. The molecular formula is C19H18F4N2O2. The van der Waals surface area contributed by atoms with Gasteiger partial charge in [-0.3, -0.25) is 9.59 Å². The summed E-state index contributed by atoms with van der Waals surface area (Å²) in [6.07, 6.45) is -4.54. The fourth-order valence-electron chi connectivity index (χ4n) is 2.17. The third-order valence-electron chi connectivity index (χ3n) is 3.95. The van der Waals surface area contributed by atoms with E-state index in [0.29, 0.717) is 5.56 Å². The average molecular weight is 382 g/mol. The molecule has 0 saturated carbocycles. The zero-order valence-corrected chi connectivity index (χ0v) is 14.7. The largest absolute Gasteiger partial charge is 0.416 e. The van der Waals surface area contributed by atoms with Crippen molar-refractivity contribution in [1.29, 1.82) is 0 Å². The van der Waals surface area contributed by atoms with Gasteiger partial charge in [-0.2, -0.15) is 13.2 Å². The molecule has 0 aliphatic heterocycles. The first-order chi connectivity index (χ1) is 12.5. The average Bonchev–Trinajstić information content (AvgIpc) is 2.60. The number of hydrogen-bond donors (Lipinski definition) is 2. The summed E-state index contributed by atoms with van der Waals surface area (Å²) >= 11 is 0. The van der Waals surface area contributed by atoms with Crippen LogP contribution in [0.15, 0.2) is 48.5 Å². The van der Waals surface area contributed by atoms with Gasteiger partial charge in [0.05, 0.1) is 5.56 Å². The Labute approximate surface area is 153 Å². The summed E-state index contributed by atoms with van der Waals surface area (Å²) in [4.78, 5) is 24.7. The lowest BCUT2D eigenvalue weighted by Gasteiger charge is -2.23. The van der Waals surface area contributed by atoms with Gasteiger partial charge in [0.15, 0.2) is 0 Å². The highest BCUT2D eigenvalue weighted by molar-refractivity contribution is 6.09. The van der Waals surface area contributed by atoms with Crippen LogP contribution in [0.3, 0.4) is 0 Å². The van der Waals surface area contributed by atoms with Gasteiger partial charge < -0.3 is 10.6 Å². The Balaban J connectivity index is 2.03. The zero-order valence-electron chi connectivity index (χ0n) is 14.7. The third-order valence-corrected chi connectivity index (χ3v) is 3.95. The number of amides is 2. The number of alkyl halides is 3. The van der Waals surface area contributed by atoms with Crippen molar-refractivity contribution in [1.82, 2.24) is 5.32 Å². The number of anilines is 1. The van der Waals surface area contributed by atoms with Gasteiger partial charge >= 0.3 is 6.18 Å². The molecule has 0 fully saturated rings. The monoisotopic (exact) mass is 382 g/mol. The molecule has 0 saturated heterocycles. The molecule has 2 aromatic rings. The second-order valence-corrected chi connectivity index (χ2v) is 6.47. The maximum absolute atomic E-state index is 12.9. The number of hydrogen-bond acceptors (Lipinski definition) is 2. The van der Waals surface area contributed by atoms with Crippen LogP contribution in [0, 0.1) is 11.2 Å². The van der Waals surface area contributed by atoms with E-state index < -0.39 is 34.8 Å². The standard InChI is InChI=1S/C19H18F4N2O2/c1-18(2,16(26)24-11-12-6-8-14(20)9-7-12)17(27)25-15-5-3-4-13(10-15)19(21,22)23/h3-10H,11H2,1-2H3,(H,24,26)(H,25,27). The summed E-state index contributed by atoms with van der Waals surface area (Å²) < 4.78 is 51.1. The molecule has 0 unspecified atom stereocenters. The summed E-state index contributed by atoms with van der Waals surface area (Å²) in [7, 11) is 0. The third kappa shape index (κ3) is 5.29. The van der Waals surface area contributed by atoms with Crippen molar-refractivity contribution in [2.24, 2.45) is 5.41 Å². The predicted octanol–water partition coefficient (Wildman–Crippen LogP) is 4.13. The zero-order chi connectivity index (χ0) is 20.2. The fourth-order valence-corrected chi connectivity index (χ4v) is 2.17. The van der Waals surface area contributed by atoms with E-state index in [2.05, 4.69) is 10.6 Å². The van der Waals surface area contributed by atoms with Gasteiger partial charge in [0.1, 0.15) is 11.2 Å². The van der Waals surface area contributed by atoms with Crippen LogP contribution in [-0.4, -0.2) is 11.8 Å². The van der Waals surface area contributed by atoms with Crippen molar-refractivity contribution in [2.75, 3.05) is 5.32 Å². The number of rotatable bonds is 5. The normalized spacial score (nSPS) is 11.8. The van der Waals surface area contributed by atoms with E-state index in [9.17, 15) is 27.2 Å². The number of carbonyl (C=O) groups excluding carboxylic acids is 2. The molecule has 27 heavy (non-hydrogen) atoms. The van der Waals surface area contributed by atoms with E-state index >= 15 is 0 Å². The van der Waals surface area contributed by atoms with Crippen LogP contribution in [0.4, 0.5) is 23.2 Å². The Kier molecular flexibility index (Phi) is 5.88. The van der Waals surface area contributed by atoms with Gasteiger partial charge in [0.2, 0.25) is 11.8 Å². The molecule has 0 bridgehead atoms. The summed E-state index contributed by atoms with van der Waals surface area (Å²) in [6.45, 7) is 2.80. The SMILES string of the molecule is CC(C)(C(=O)NCc1ccc(F)cc1)C(=O)Nc1cccc(C(F)(F)F)c1. The first-order valence-corrected chi connectivity index (χ1v) is 8.01. The molecule has 2 aromatic carbocycles. The highest BCUT2D eigenvalue weighted by Crippen LogP contribution is 2.31. The summed E-state index contributed by atoms with van der Waals surface area (Å²) in [5, 5.41) is 4.89. The van der Waals surface area contributed by atoms with E-state index in [1.54, 1.807) is 0 Å². The van der Waals surface area contributed by atoms with Crippen LogP contribution >= 0.6 is 0 Å². The molecule has 0 aliphatic rings. The van der Waals surface area contributed by atoms with Gasteiger partial charge in [-0.05, 0) is 49.7 Å². The van der Waals surface area contributed by atoms with Crippen molar-refractivity contribution < 1.29 is 27.2 Å². The Morgan fingerprint density at radius 3 is 2.19 bits per heavy atom. The maximum atomic E-state index is 12.9. The second kappa shape index (κ2) is 7.77. The summed E-state index contributed by atoms with van der Waals surface area (Å²) in [5.41, 5.74) is -1.86. The number of halogens is 4. The van der Waals surface area contributed by atoms with E-state index in [1.807, 2.05) is 0 Å². The van der Waals surface area contributed by atoms with Crippen molar-refractivity contribution in [3.63, 3.8) is 0 Å². The summed E-state index contributed by atoms with van der Waals surface area (Å²) in [6, 6.07) is 9.62. The van der Waals surface area contributed by atoms with Gasteiger partial charge in [0, 0.05) is 12.2 Å². The molecule has 144 valence electrons. The molecule has 0 aliphatic carbocycles. The number of benzene rings is 2. The van der Waals surface area contributed by atoms with Gasteiger partial charge in [-0.1, -0.05) is 18.2 Å². The van der Waals surface area contributed by atoms with Crippen molar-refractivity contribution >= 4 is 17.5 Å². The van der Waals surface area contributed by atoms with Crippen LogP contribution in [0.1, 0.15) is 25.0 Å². The van der Waals surface area contributed by atoms with Gasteiger partial charge in [-0.25, -0.2) is 4.39 Å². The molecule has 0 radical (unpaired) electrons. The lowest BCUT2D eigenvalue weighted by molar-refractivity contribution is -0.139. The molecule has 8 heteroatoms. The van der Waals surface area contributed by atoms with Crippen LogP contribution in [0.2, 0.25) is 0 Å². The highest BCUT2D eigenvalue weighted by atomic mass is 19.4. The van der Waals surface area contributed by atoms with Crippen molar-refractivity contribution in [2.45, 2.75) is 26.6 Å². The molecular weight excluding hydrogens is 364 g/mol. The van der Waals surface area contributed by atoms with Gasteiger partial charge in [-0.15, -0.1) is 0 Å². The molecule has 2 rings (SSSR count). The van der Waals surface area contributed by atoms with E-state index in [-0.39, 0.29) is 12.2 Å². The first-order valence-electron chi connectivity index (χ1n) is 8.01. The number of carbonyl (C=O) groups is 2. The smallest absolute Gasteiger partial charge is 0.351 e. The van der Waals surface area contributed by atoms with E-state index in [0.717, 1.165) is 12.1 Å². The van der Waals surface area contributed by atoms with E-state index in [4.69, 9.17) is 0 Å². The molecule has 2 N–H and O–H groups in total. The minimum atomic E-state index is -4.54. The molecule has 0 heterocycles. The molecule has 0 aromatic heterocycles. The Bertz CT molecular complexity index is 830. The van der Waals surface area contributed by atoms with Crippen LogP contribution < -0.4 is 10.6 Å². The van der Waals surface area contributed by atoms with Crippen molar-refractivity contribution in [3.8, 4) is 0 Å². The van der Waals surface area contributed by atoms with Crippen LogP contribution in [0.25, 0.3) is 0 Å². The Morgan fingerprint density at radius 1 is 0.963 bits per heavy atom. The predicted molar refractivity (Wildman–Crippen MR) is 92.1 cm³/mol. The van der Waals surface area contributed by atoms with Crippen LogP contribution in [0.5, 0.6) is 0 Å². The molecule has 0 atom stereocenters. The first kappa shape index (κ1) is 20.4. The highest BCUT2D eigenvalue weighted by Gasteiger charge is 2.36. The lowest BCUT2D eigenvalue weighted by atomic mass is 9.90. The summed E-state index contributed by atoms with van der Waals surface area (Å²) in [5.74, 6) is -1.78. The molecule has 0 spiro atoms. The number of nitrogens with one attached hydrogen (secondary N) is 2. The van der Waals surface area contributed by atoms with Crippen LogP contribution in [-0.2, 0) is 22.3 Å².